The Hall–Kier alpha value is -2.15. The fourth-order valence-electron chi connectivity index (χ4n) is 1.95. The number of nitrogens with zero attached hydrogens (tertiary/aromatic N) is 1. The first-order valence-electron chi connectivity index (χ1n) is 6.35. The number of aromatic amines is 1. The Morgan fingerprint density at radius 2 is 2.25 bits per heavy atom. The first-order chi connectivity index (χ1) is 9.69. The van der Waals surface area contributed by atoms with Crippen molar-refractivity contribution in [2.75, 3.05) is 12.4 Å². The fourth-order valence-corrected chi connectivity index (χ4v) is 2.71. The minimum atomic E-state index is -0.405. The molecule has 1 aliphatic carbocycles. The molecule has 0 bridgehead atoms. The van der Waals surface area contributed by atoms with Crippen molar-refractivity contribution >= 4 is 28.1 Å². The van der Waals surface area contributed by atoms with Crippen LogP contribution in [0, 0.1) is 0 Å². The topological polar surface area (TPSA) is 86.9 Å². The first-order valence-corrected chi connectivity index (χ1v) is 7.17. The zero-order valence-corrected chi connectivity index (χ0v) is 11.7. The van der Waals surface area contributed by atoms with Crippen LogP contribution < -0.4 is 16.2 Å². The minimum absolute atomic E-state index is 0.101. The summed E-state index contributed by atoms with van der Waals surface area (Å²) < 4.78 is 2.55. The van der Waals surface area contributed by atoms with Crippen molar-refractivity contribution in [2.45, 2.75) is 18.8 Å². The lowest BCUT2D eigenvalue weighted by Crippen LogP contribution is -2.24. The van der Waals surface area contributed by atoms with E-state index in [1.807, 2.05) is 12.1 Å². The summed E-state index contributed by atoms with van der Waals surface area (Å²) in [6.07, 6.45) is 4.14. The molecule has 6 nitrogen and oxygen atoms in total. The number of amides is 1. The highest BCUT2D eigenvalue weighted by Gasteiger charge is 2.24. The van der Waals surface area contributed by atoms with Crippen molar-refractivity contribution in [3.8, 4) is 0 Å². The molecule has 0 spiro atoms. The summed E-state index contributed by atoms with van der Waals surface area (Å²) in [6.45, 7) is 0. The van der Waals surface area contributed by atoms with E-state index in [9.17, 15) is 9.59 Å². The number of rotatable bonds is 4. The molecule has 2 aromatic heterocycles. The van der Waals surface area contributed by atoms with Gasteiger partial charge in [0.2, 0.25) is 0 Å². The maximum atomic E-state index is 11.7. The number of carbonyl (C=O) groups is 1. The van der Waals surface area contributed by atoms with Crippen LogP contribution >= 0.6 is 11.5 Å². The van der Waals surface area contributed by atoms with Gasteiger partial charge in [-0.3, -0.25) is 18.9 Å². The molecule has 2 aromatic rings. The van der Waals surface area contributed by atoms with Crippen LogP contribution in [-0.2, 0) is 0 Å². The normalized spacial score (nSPS) is 14.1. The maximum Gasteiger partial charge on any atom is 0.273 e. The van der Waals surface area contributed by atoms with Crippen molar-refractivity contribution in [2.24, 2.45) is 0 Å². The van der Waals surface area contributed by atoms with Gasteiger partial charge in [-0.2, -0.15) is 0 Å². The van der Waals surface area contributed by atoms with Crippen LogP contribution in [0.2, 0.25) is 0 Å². The van der Waals surface area contributed by atoms with Gasteiger partial charge in [0.05, 0.1) is 11.9 Å². The Morgan fingerprint density at radius 1 is 1.45 bits per heavy atom. The summed E-state index contributed by atoms with van der Waals surface area (Å²) in [7, 11) is 1.50. The molecule has 7 heteroatoms. The molecule has 20 heavy (non-hydrogen) atoms. The SMILES string of the molecule is CNC(=O)c1c(Nc2ccc(C3CC3)nc2)s[nH]c1=O. The highest BCUT2D eigenvalue weighted by molar-refractivity contribution is 7.10. The lowest BCUT2D eigenvalue weighted by atomic mass is 10.2. The van der Waals surface area contributed by atoms with Crippen molar-refractivity contribution in [3.63, 3.8) is 0 Å². The van der Waals surface area contributed by atoms with Gasteiger partial charge in [-0.25, -0.2) is 0 Å². The molecule has 1 saturated carbocycles. The molecule has 0 unspecified atom stereocenters. The van der Waals surface area contributed by atoms with Crippen LogP contribution in [0.25, 0.3) is 0 Å². The monoisotopic (exact) mass is 290 g/mol. The van der Waals surface area contributed by atoms with Gasteiger partial charge < -0.3 is 10.6 Å². The van der Waals surface area contributed by atoms with Crippen LogP contribution in [0.1, 0.15) is 34.8 Å². The lowest BCUT2D eigenvalue weighted by Gasteiger charge is -2.05. The van der Waals surface area contributed by atoms with Crippen molar-refractivity contribution in [3.05, 3.63) is 39.9 Å². The Balaban J connectivity index is 1.83. The number of carbonyl (C=O) groups excluding carboxylic acids is 1. The number of aromatic nitrogens is 2. The molecule has 1 fully saturated rings. The number of hydrogen-bond donors (Lipinski definition) is 3. The van der Waals surface area contributed by atoms with E-state index in [4.69, 9.17) is 0 Å². The molecule has 1 amide bonds. The second-order valence-electron chi connectivity index (χ2n) is 4.69. The standard InChI is InChI=1S/C13H14N4O2S/c1-14-11(18)10-12(19)17-20-13(10)16-8-4-5-9(15-6-8)7-2-3-7/h4-7,16H,2-3H2,1H3,(H,14,18)(H,17,19). The molecule has 0 aliphatic heterocycles. The van der Waals surface area contributed by atoms with Crippen LogP contribution in [0.4, 0.5) is 10.7 Å². The van der Waals surface area contributed by atoms with Crippen LogP contribution in [-0.4, -0.2) is 22.3 Å². The molecule has 0 atom stereocenters. The van der Waals surface area contributed by atoms with E-state index in [0.717, 1.165) is 22.9 Å². The Labute approximate surface area is 119 Å². The minimum Gasteiger partial charge on any atom is -0.355 e. The van der Waals surface area contributed by atoms with E-state index in [1.54, 1.807) is 6.20 Å². The summed E-state index contributed by atoms with van der Waals surface area (Å²) >= 11 is 1.10. The van der Waals surface area contributed by atoms with Gasteiger partial charge in [0.15, 0.2) is 0 Å². The van der Waals surface area contributed by atoms with E-state index >= 15 is 0 Å². The molecule has 3 rings (SSSR count). The average molecular weight is 290 g/mol. The van der Waals surface area contributed by atoms with Crippen LogP contribution in [0.15, 0.2) is 23.1 Å². The largest absolute Gasteiger partial charge is 0.355 e. The van der Waals surface area contributed by atoms with E-state index in [2.05, 4.69) is 20.0 Å². The van der Waals surface area contributed by atoms with Gasteiger partial charge in [0.1, 0.15) is 10.6 Å². The average Bonchev–Trinajstić information content (AvgIpc) is 3.24. The van der Waals surface area contributed by atoms with Crippen LogP contribution in [0.5, 0.6) is 0 Å². The number of H-pyrrole nitrogens is 1. The second-order valence-corrected chi connectivity index (χ2v) is 5.50. The summed E-state index contributed by atoms with van der Waals surface area (Å²) in [5, 5.41) is 6.01. The maximum absolute atomic E-state index is 11.7. The molecule has 0 saturated heterocycles. The van der Waals surface area contributed by atoms with E-state index in [-0.39, 0.29) is 11.1 Å². The fraction of sp³-hybridized carbons (Fsp3) is 0.308. The highest BCUT2D eigenvalue weighted by atomic mass is 32.1. The number of pyridine rings is 1. The van der Waals surface area contributed by atoms with Crippen LogP contribution in [0.3, 0.4) is 0 Å². The third-order valence-electron chi connectivity index (χ3n) is 3.19. The molecule has 0 aromatic carbocycles. The smallest absolute Gasteiger partial charge is 0.273 e. The van der Waals surface area contributed by atoms with Crippen molar-refractivity contribution < 1.29 is 4.79 Å². The zero-order valence-electron chi connectivity index (χ0n) is 10.9. The van der Waals surface area contributed by atoms with Gasteiger partial charge in [0, 0.05) is 18.7 Å². The Bertz CT molecular complexity index is 685. The molecule has 104 valence electrons. The predicted octanol–water partition coefficient (Wildman–Crippen LogP) is 1.81. The quantitative estimate of drug-likeness (QED) is 0.801. The van der Waals surface area contributed by atoms with Gasteiger partial charge in [-0.1, -0.05) is 0 Å². The first kappa shape index (κ1) is 12.9. The molecule has 0 radical (unpaired) electrons. The predicted molar refractivity (Wildman–Crippen MR) is 77.8 cm³/mol. The second kappa shape index (κ2) is 5.09. The summed E-state index contributed by atoms with van der Waals surface area (Å²) in [5.74, 6) is 0.200. The van der Waals surface area contributed by atoms with E-state index < -0.39 is 5.91 Å². The number of nitrogens with one attached hydrogen (secondary N) is 3. The number of hydrogen-bond acceptors (Lipinski definition) is 5. The molecule has 1 aliphatic rings. The molecular weight excluding hydrogens is 276 g/mol. The van der Waals surface area contributed by atoms with Gasteiger partial charge >= 0.3 is 0 Å². The Kier molecular flexibility index (Phi) is 3.27. The third-order valence-corrected chi connectivity index (χ3v) is 3.99. The lowest BCUT2D eigenvalue weighted by molar-refractivity contribution is 0.0963. The van der Waals surface area contributed by atoms with Gasteiger partial charge in [-0.15, -0.1) is 0 Å². The van der Waals surface area contributed by atoms with Gasteiger partial charge in [0.25, 0.3) is 11.5 Å². The van der Waals surface area contributed by atoms with Gasteiger partial charge in [-0.05, 0) is 36.5 Å². The summed E-state index contributed by atoms with van der Waals surface area (Å²) in [6, 6.07) is 3.90. The summed E-state index contributed by atoms with van der Waals surface area (Å²) in [4.78, 5) is 27.7. The van der Waals surface area contributed by atoms with E-state index in [1.165, 1.54) is 19.9 Å². The van der Waals surface area contributed by atoms with E-state index in [0.29, 0.717) is 10.9 Å². The molecule has 2 heterocycles. The Morgan fingerprint density at radius 3 is 2.85 bits per heavy atom. The summed E-state index contributed by atoms with van der Waals surface area (Å²) in [5.41, 5.74) is 1.57. The zero-order chi connectivity index (χ0) is 14.1. The van der Waals surface area contributed by atoms with Crippen molar-refractivity contribution in [1.29, 1.82) is 0 Å². The molecule has 3 N–H and O–H groups in total. The number of anilines is 2. The highest BCUT2D eigenvalue weighted by Crippen LogP contribution is 2.39. The molecular formula is C13H14N4O2S. The third kappa shape index (κ3) is 2.44. The van der Waals surface area contributed by atoms with Crippen molar-refractivity contribution in [1.82, 2.24) is 14.7 Å².